The summed E-state index contributed by atoms with van der Waals surface area (Å²) in [4.78, 5) is 31.4. The van der Waals surface area contributed by atoms with Crippen LogP contribution in [0.15, 0.2) is 30.5 Å². The van der Waals surface area contributed by atoms with Crippen molar-refractivity contribution in [3.63, 3.8) is 0 Å². The number of aromatic nitrogens is 2. The normalized spacial score (nSPS) is 12.8. The van der Waals surface area contributed by atoms with E-state index in [9.17, 15) is 14.7 Å². The zero-order chi connectivity index (χ0) is 17.1. The summed E-state index contributed by atoms with van der Waals surface area (Å²) in [6.07, 6.45) is 0.415. The van der Waals surface area contributed by atoms with Crippen molar-refractivity contribution in [2.24, 2.45) is 0 Å². The van der Waals surface area contributed by atoms with Gasteiger partial charge in [-0.25, -0.2) is 9.78 Å². The average Bonchev–Trinajstić information content (AvgIpc) is 2.53. The van der Waals surface area contributed by atoms with Gasteiger partial charge in [-0.2, -0.15) is 4.98 Å². The van der Waals surface area contributed by atoms with Crippen LogP contribution in [0.2, 0.25) is 0 Å². The monoisotopic (exact) mass is 330 g/mol. The van der Waals surface area contributed by atoms with Crippen molar-refractivity contribution in [1.82, 2.24) is 9.97 Å². The minimum absolute atomic E-state index is 0.131. The van der Waals surface area contributed by atoms with Crippen molar-refractivity contribution in [3.8, 4) is 17.4 Å². The third-order valence-electron chi connectivity index (χ3n) is 3.17. The smallest absolute Gasteiger partial charge is 0.412 e. The van der Waals surface area contributed by atoms with Gasteiger partial charge in [0.05, 0.1) is 12.2 Å². The second-order valence-corrected chi connectivity index (χ2v) is 4.91. The Kier molecular flexibility index (Phi) is 4.15. The molecule has 1 aliphatic rings. The molecule has 3 rings (SSSR count). The highest BCUT2D eigenvalue weighted by Gasteiger charge is 2.23. The predicted octanol–water partition coefficient (Wildman–Crippen LogP) is 2.10. The molecular weight excluding hydrogens is 316 g/mol. The molecule has 0 fully saturated rings. The lowest BCUT2D eigenvalue weighted by atomic mass is 10.2. The number of ether oxygens (including phenoxy) is 2. The van der Waals surface area contributed by atoms with Crippen molar-refractivity contribution in [2.45, 2.75) is 6.92 Å². The van der Waals surface area contributed by atoms with Crippen molar-refractivity contribution < 1.29 is 24.2 Å². The van der Waals surface area contributed by atoms with Crippen molar-refractivity contribution in [2.75, 3.05) is 23.4 Å². The molecule has 0 bridgehead atoms. The summed E-state index contributed by atoms with van der Waals surface area (Å²) in [6, 6.07) is 6.34. The van der Waals surface area contributed by atoms with Crippen LogP contribution in [-0.2, 0) is 4.79 Å². The summed E-state index contributed by atoms with van der Waals surface area (Å²) in [5.74, 6) is 0.916. The Hall–Kier alpha value is -3.36. The minimum atomic E-state index is -1.04. The number of anilines is 2. The molecule has 2 aromatic rings. The van der Waals surface area contributed by atoms with E-state index in [0.29, 0.717) is 17.2 Å². The van der Waals surface area contributed by atoms with E-state index >= 15 is 0 Å². The van der Waals surface area contributed by atoms with Gasteiger partial charge < -0.3 is 14.6 Å². The molecule has 1 aromatic carbocycles. The summed E-state index contributed by atoms with van der Waals surface area (Å²) >= 11 is 0. The lowest BCUT2D eigenvalue weighted by Crippen LogP contribution is -2.36. The highest BCUT2D eigenvalue weighted by atomic mass is 16.5. The van der Waals surface area contributed by atoms with Crippen LogP contribution >= 0.6 is 0 Å². The lowest BCUT2D eigenvalue weighted by Gasteiger charge is -2.27. The molecule has 0 aliphatic carbocycles. The minimum Gasteiger partial charge on any atom is -0.489 e. The largest absolute Gasteiger partial charge is 0.489 e. The summed E-state index contributed by atoms with van der Waals surface area (Å²) in [7, 11) is 0. The van der Waals surface area contributed by atoms with E-state index in [0.717, 1.165) is 0 Å². The first-order chi connectivity index (χ1) is 11.5. The van der Waals surface area contributed by atoms with Gasteiger partial charge in [0.15, 0.2) is 0 Å². The fourth-order valence-electron chi connectivity index (χ4n) is 2.20. The topological polar surface area (TPSA) is 114 Å². The number of rotatable bonds is 3. The van der Waals surface area contributed by atoms with Gasteiger partial charge in [-0.15, -0.1) is 0 Å². The molecule has 0 saturated carbocycles. The van der Waals surface area contributed by atoms with E-state index in [4.69, 9.17) is 9.47 Å². The molecule has 1 aliphatic heterocycles. The summed E-state index contributed by atoms with van der Waals surface area (Å²) in [5, 5.41) is 11.6. The number of nitrogens with one attached hydrogen (secondary N) is 1. The molecule has 9 nitrogen and oxygen atoms in total. The van der Waals surface area contributed by atoms with Crippen molar-refractivity contribution in [3.05, 3.63) is 30.5 Å². The Morgan fingerprint density at radius 2 is 2.21 bits per heavy atom. The van der Waals surface area contributed by atoms with Gasteiger partial charge in [0.1, 0.15) is 18.1 Å². The second-order valence-electron chi connectivity index (χ2n) is 4.91. The number of carbonyl (C=O) groups excluding carboxylic acids is 1. The zero-order valence-electron chi connectivity index (χ0n) is 12.7. The number of hydrogen-bond donors (Lipinski definition) is 2. The van der Waals surface area contributed by atoms with Crippen LogP contribution in [0.1, 0.15) is 6.92 Å². The van der Waals surface area contributed by atoms with Crippen LogP contribution in [0.3, 0.4) is 0 Å². The van der Waals surface area contributed by atoms with Gasteiger partial charge in [0.2, 0.25) is 17.7 Å². The average molecular weight is 330 g/mol. The number of fused-ring (bicyclic) bond motifs is 1. The van der Waals surface area contributed by atoms with Crippen LogP contribution in [0, 0.1) is 0 Å². The van der Waals surface area contributed by atoms with Crippen LogP contribution in [0.5, 0.6) is 17.4 Å². The summed E-state index contributed by atoms with van der Waals surface area (Å²) in [6.45, 7) is 1.89. The fraction of sp³-hybridized carbons (Fsp3) is 0.200. The van der Waals surface area contributed by atoms with Gasteiger partial charge >= 0.3 is 6.09 Å². The van der Waals surface area contributed by atoms with Crippen LogP contribution in [0.4, 0.5) is 16.4 Å². The Morgan fingerprint density at radius 1 is 1.38 bits per heavy atom. The van der Waals surface area contributed by atoms with E-state index < -0.39 is 6.09 Å². The molecule has 2 N–H and O–H groups in total. The van der Waals surface area contributed by atoms with E-state index in [1.165, 1.54) is 24.1 Å². The Morgan fingerprint density at radius 3 is 2.96 bits per heavy atom. The molecule has 0 spiro atoms. The molecule has 24 heavy (non-hydrogen) atoms. The highest BCUT2D eigenvalue weighted by molar-refractivity contribution is 5.89. The highest BCUT2D eigenvalue weighted by Crippen LogP contribution is 2.36. The molecule has 9 heteroatoms. The fourth-order valence-corrected chi connectivity index (χ4v) is 2.20. The summed E-state index contributed by atoms with van der Waals surface area (Å²) < 4.78 is 11.1. The van der Waals surface area contributed by atoms with Gasteiger partial charge in [-0.1, -0.05) is 0 Å². The number of amides is 2. The number of carboxylic acid groups (broad SMARTS) is 1. The number of carbonyl (C=O) groups is 2. The van der Waals surface area contributed by atoms with Crippen LogP contribution < -0.4 is 19.7 Å². The van der Waals surface area contributed by atoms with E-state index in [1.807, 2.05) is 0 Å². The van der Waals surface area contributed by atoms with Crippen molar-refractivity contribution in [1.29, 1.82) is 0 Å². The first-order valence-electron chi connectivity index (χ1n) is 7.09. The van der Waals surface area contributed by atoms with E-state index in [-0.39, 0.29) is 30.9 Å². The van der Waals surface area contributed by atoms with Gasteiger partial charge in [0, 0.05) is 25.3 Å². The molecular formula is C15H14N4O5. The maximum Gasteiger partial charge on any atom is 0.412 e. The third kappa shape index (κ3) is 3.35. The Labute approximate surface area is 136 Å². The summed E-state index contributed by atoms with van der Waals surface area (Å²) in [5.41, 5.74) is 0.461. The molecule has 0 unspecified atom stereocenters. The molecule has 0 atom stereocenters. The molecule has 1 aromatic heterocycles. The first kappa shape index (κ1) is 15.5. The quantitative estimate of drug-likeness (QED) is 0.885. The number of benzene rings is 1. The lowest BCUT2D eigenvalue weighted by molar-refractivity contribution is -0.114. The van der Waals surface area contributed by atoms with Crippen LogP contribution in [0.25, 0.3) is 0 Å². The van der Waals surface area contributed by atoms with Gasteiger partial charge in [-0.05, 0) is 12.1 Å². The maximum atomic E-state index is 11.2. The second kappa shape index (κ2) is 6.41. The Balaban J connectivity index is 1.82. The van der Waals surface area contributed by atoms with Gasteiger partial charge in [0.25, 0.3) is 0 Å². The standard InChI is InChI=1S/C15H14N4O5/c1-9(20)17-14-16-5-4-13(18-14)24-10-2-3-11-12(8-10)23-7-6-19(11)15(21)22/h2-5,8H,6-7H2,1H3,(H,21,22)(H,16,17,18,20). The third-order valence-corrected chi connectivity index (χ3v) is 3.17. The predicted molar refractivity (Wildman–Crippen MR) is 83.7 cm³/mol. The number of hydrogen-bond acceptors (Lipinski definition) is 6. The van der Waals surface area contributed by atoms with Crippen molar-refractivity contribution >= 4 is 23.6 Å². The van der Waals surface area contributed by atoms with E-state index in [2.05, 4.69) is 15.3 Å². The first-order valence-corrected chi connectivity index (χ1v) is 7.09. The molecule has 0 saturated heterocycles. The molecule has 124 valence electrons. The van der Waals surface area contributed by atoms with E-state index in [1.54, 1.807) is 18.2 Å². The van der Waals surface area contributed by atoms with Gasteiger partial charge in [-0.3, -0.25) is 15.0 Å². The van der Waals surface area contributed by atoms with Crippen LogP contribution in [-0.4, -0.2) is 40.2 Å². The molecule has 0 radical (unpaired) electrons. The Bertz CT molecular complexity index is 795. The molecule has 2 amide bonds. The molecule has 2 heterocycles. The maximum absolute atomic E-state index is 11.2. The number of nitrogens with zero attached hydrogens (tertiary/aromatic N) is 3. The zero-order valence-corrected chi connectivity index (χ0v) is 12.7. The SMILES string of the molecule is CC(=O)Nc1nccc(Oc2ccc3c(c2)OCCN3C(=O)O)n1.